The number of benzene rings is 2. The van der Waals surface area contributed by atoms with E-state index in [0.29, 0.717) is 12.2 Å². The van der Waals surface area contributed by atoms with Crippen molar-refractivity contribution in [3.8, 4) is 11.8 Å². The van der Waals surface area contributed by atoms with Gasteiger partial charge in [0.15, 0.2) is 5.78 Å². The molecular weight excluding hydrogens is 550 g/mol. The van der Waals surface area contributed by atoms with E-state index in [0.717, 1.165) is 16.7 Å². The zero-order valence-corrected chi connectivity index (χ0v) is 24.6. The van der Waals surface area contributed by atoms with Crippen LogP contribution in [0.4, 0.5) is 5.69 Å². The number of aliphatic carboxylic acids is 1. The van der Waals surface area contributed by atoms with Crippen LogP contribution in [0.1, 0.15) is 69.6 Å². The topological polar surface area (TPSA) is 150 Å². The highest BCUT2D eigenvalue weighted by atomic mass is 16.4. The van der Waals surface area contributed by atoms with Crippen molar-refractivity contribution in [2.24, 2.45) is 11.8 Å². The Kier molecular flexibility index (Phi) is 11.8. The van der Waals surface area contributed by atoms with Crippen molar-refractivity contribution in [3.05, 3.63) is 65.2 Å². The number of carbonyl (C=O) groups excluding carboxylic acids is 5. The van der Waals surface area contributed by atoms with Gasteiger partial charge >= 0.3 is 5.97 Å². The summed E-state index contributed by atoms with van der Waals surface area (Å²) in [5, 5.41) is 13.8. The van der Waals surface area contributed by atoms with Gasteiger partial charge in [-0.05, 0) is 36.6 Å². The summed E-state index contributed by atoms with van der Waals surface area (Å²) in [4.78, 5) is 75.6. The van der Waals surface area contributed by atoms with Crippen LogP contribution in [0.15, 0.2) is 48.5 Å². The third-order valence-corrected chi connectivity index (χ3v) is 7.22. The summed E-state index contributed by atoms with van der Waals surface area (Å²) in [5.74, 6) is 2.25. The number of hydrogen-bond acceptors (Lipinski definition) is 6. The summed E-state index contributed by atoms with van der Waals surface area (Å²) in [6.07, 6.45) is -0.436. The van der Waals surface area contributed by atoms with Gasteiger partial charge in [-0.3, -0.25) is 28.8 Å². The molecule has 3 N–H and O–H groups in total. The summed E-state index contributed by atoms with van der Waals surface area (Å²) in [6, 6.07) is 13.9. The lowest BCUT2D eigenvalue weighted by Gasteiger charge is -2.26. The molecule has 0 saturated heterocycles. The third kappa shape index (κ3) is 9.64. The molecule has 3 rings (SSSR count). The lowest BCUT2D eigenvalue weighted by atomic mass is 9.89. The maximum absolute atomic E-state index is 13.3. The molecule has 0 aliphatic carbocycles. The van der Waals surface area contributed by atoms with E-state index in [2.05, 4.69) is 22.5 Å². The average Bonchev–Trinajstić information content (AvgIpc) is 2.97. The molecule has 2 aromatic rings. The van der Waals surface area contributed by atoms with E-state index >= 15 is 0 Å². The van der Waals surface area contributed by atoms with Crippen molar-refractivity contribution in [1.82, 2.24) is 10.6 Å². The molecule has 1 heterocycles. The second kappa shape index (κ2) is 15.4. The number of carboxylic acids is 1. The number of ketones is 2. The van der Waals surface area contributed by atoms with Crippen molar-refractivity contribution in [2.45, 2.75) is 65.5 Å². The molecule has 0 bridgehead atoms. The van der Waals surface area contributed by atoms with Crippen LogP contribution in [-0.4, -0.2) is 53.0 Å². The Morgan fingerprint density at radius 2 is 1.47 bits per heavy atom. The number of carbonyl (C=O) groups is 6. The van der Waals surface area contributed by atoms with Gasteiger partial charge in [0.2, 0.25) is 17.7 Å². The Hall–Kier alpha value is -4.78. The van der Waals surface area contributed by atoms with Gasteiger partial charge in [-0.2, -0.15) is 0 Å². The highest BCUT2D eigenvalue weighted by molar-refractivity contribution is 5.97. The highest BCUT2D eigenvalue weighted by Gasteiger charge is 2.28. The van der Waals surface area contributed by atoms with Crippen LogP contribution in [-0.2, 0) is 35.3 Å². The van der Waals surface area contributed by atoms with E-state index in [1.807, 2.05) is 48.5 Å². The zero-order valence-electron chi connectivity index (χ0n) is 24.6. The number of hydrogen-bond donors (Lipinski definition) is 3. The number of rotatable bonds is 14. The standard InChI is InChI=1S/C33H37N3O7/c1-21(2)28(32(41)35-22(3)33(42)43)18-27(38)19-34-30(39)16-14-26(37)15-17-31(40)36-20-25-10-5-4-8-23(25)12-13-24-9-6-7-11-29(24)36/h4-11,21-22,28H,14-20H2,1-3H3,(H,34,39)(H,35,41)(H,42,43)/t22-,28-/m0/s1. The number of Topliss-reactive ketones (excluding diaryl/α,β-unsaturated/α-hetero) is 2. The van der Waals surface area contributed by atoms with Gasteiger partial charge in [0, 0.05) is 49.1 Å². The molecule has 1 aliphatic rings. The second-order valence-electron chi connectivity index (χ2n) is 10.9. The fraction of sp³-hybridized carbons (Fsp3) is 0.394. The molecular formula is C33H37N3O7. The van der Waals surface area contributed by atoms with Crippen LogP contribution >= 0.6 is 0 Å². The molecule has 10 heteroatoms. The third-order valence-electron chi connectivity index (χ3n) is 7.22. The number of nitrogens with zero attached hydrogens (tertiary/aromatic N) is 1. The molecule has 2 aromatic carbocycles. The molecule has 10 nitrogen and oxygen atoms in total. The summed E-state index contributed by atoms with van der Waals surface area (Å²) < 4.78 is 0. The van der Waals surface area contributed by atoms with Gasteiger partial charge in [0.05, 0.1) is 18.8 Å². The van der Waals surface area contributed by atoms with Gasteiger partial charge in [-0.25, -0.2) is 0 Å². The minimum Gasteiger partial charge on any atom is -0.480 e. The molecule has 1 aliphatic heterocycles. The average molecular weight is 588 g/mol. The predicted molar refractivity (Wildman–Crippen MR) is 160 cm³/mol. The summed E-state index contributed by atoms with van der Waals surface area (Å²) in [5.41, 5.74) is 3.15. The van der Waals surface area contributed by atoms with Crippen molar-refractivity contribution >= 4 is 40.9 Å². The number of amides is 3. The van der Waals surface area contributed by atoms with Gasteiger partial charge in [0.1, 0.15) is 11.8 Å². The van der Waals surface area contributed by atoms with Crippen LogP contribution in [0.3, 0.4) is 0 Å². The Labute approximate surface area is 251 Å². The van der Waals surface area contributed by atoms with E-state index in [9.17, 15) is 28.8 Å². The molecule has 0 radical (unpaired) electrons. The Morgan fingerprint density at radius 1 is 0.837 bits per heavy atom. The predicted octanol–water partition coefficient (Wildman–Crippen LogP) is 3.00. The van der Waals surface area contributed by atoms with Gasteiger partial charge in [0.25, 0.3) is 0 Å². The van der Waals surface area contributed by atoms with Crippen LogP contribution < -0.4 is 15.5 Å². The molecule has 0 aromatic heterocycles. The Morgan fingerprint density at radius 3 is 2.16 bits per heavy atom. The van der Waals surface area contributed by atoms with Crippen LogP contribution in [0.25, 0.3) is 0 Å². The van der Waals surface area contributed by atoms with Gasteiger partial charge < -0.3 is 20.6 Å². The van der Waals surface area contributed by atoms with E-state index in [1.54, 1.807) is 18.7 Å². The van der Waals surface area contributed by atoms with Crippen LogP contribution in [0.5, 0.6) is 0 Å². The van der Waals surface area contributed by atoms with Crippen molar-refractivity contribution in [2.75, 3.05) is 11.4 Å². The lowest BCUT2D eigenvalue weighted by Crippen LogP contribution is -2.44. The lowest BCUT2D eigenvalue weighted by molar-refractivity contribution is -0.142. The number of carboxylic acid groups (broad SMARTS) is 1. The number of anilines is 1. The smallest absolute Gasteiger partial charge is 0.325 e. The van der Waals surface area contributed by atoms with Crippen LogP contribution in [0, 0.1) is 23.7 Å². The first-order valence-electron chi connectivity index (χ1n) is 14.3. The van der Waals surface area contributed by atoms with E-state index in [1.165, 1.54) is 6.92 Å². The molecule has 0 fully saturated rings. The van der Waals surface area contributed by atoms with E-state index in [4.69, 9.17) is 5.11 Å². The van der Waals surface area contributed by atoms with Crippen molar-refractivity contribution in [3.63, 3.8) is 0 Å². The minimum atomic E-state index is -1.18. The minimum absolute atomic E-state index is 0.0258. The monoisotopic (exact) mass is 587 g/mol. The SMILES string of the molecule is CC(C)[C@H](CC(=O)CNC(=O)CCC(=O)CCC(=O)N1Cc2ccccc2C#Cc2ccccc21)C(=O)N[C@@H](C)C(=O)O. The number of para-hydroxylation sites is 1. The zero-order chi connectivity index (χ0) is 31.5. The summed E-state index contributed by atoms with van der Waals surface area (Å²) in [6.45, 7) is 4.84. The largest absolute Gasteiger partial charge is 0.480 e. The molecule has 0 spiro atoms. The van der Waals surface area contributed by atoms with Crippen molar-refractivity contribution in [1.29, 1.82) is 0 Å². The summed E-state index contributed by atoms with van der Waals surface area (Å²) in [7, 11) is 0. The second-order valence-corrected chi connectivity index (χ2v) is 10.9. The first kappa shape index (κ1) is 32.7. The first-order chi connectivity index (χ1) is 20.5. The quantitative estimate of drug-likeness (QED) is 0.288. The molecule has 43 heavy (non-hydrogen) atoms. The molecule has 3 amide bonds. The Balaban J connectivity index is 1.47. The number of fused-ring (bicyclic) bond motifs is 2. The normalized spacial score (nSPS) is 13.2. The Bertz CT molecular complexity index is 1450. The fourth-order valence-corrected chi connectivity index (χ4v) is 4.58. The first-order valence-corrected chi connectivity index (χ1v) is 14.3. The maximum Gasteiger partial charge on any atom is 0.325 e. The fourth-order valence-electron chi connectivity index (χ4n) is 4.58. The summed E-state index contributed by atoms with van der Waals surface area (Å²) >= 11 is 0. The molecule has 0 saturated carbocycles. The van der Waals surface area contributed by atoms with Gasteiger partial charge in [-0.15, -0.1) is 0 Å². The van der Waals surface area contributed by atoms with Crippen molar-refractivity contribution < 1.29 is 33.9 Å². The molecule has 2 atom stereocenters. The van der Waals surface area contributed by atoms with E-state index in [-0.39, 0.29) is 62.0 Å². The molecule has 0 unspecified atom stereocenters. The maximum atomic E-state index is 13.3. The molecule has 226 valence electrons. The van der Waals surface area contributed by atoms with Gasteiger partial charge in [-0.1, -0.05) is 56.0 Å². The van der Waals surface area contributed by atoms with E-state index < -0.39 is 29.7 Å². The highest BCUT2D eigenvalue weighted by Crippen LogP contribution is 2.26. The van der Waals surface area contributed by atoms with Crippen LogP contribution in [0.2, 0.25) is 0 Å². The number of nitrogens with one attached hydrogen (secondary N) is 2.